The van der Waals surface area contributed by atoms with Crippen LogP contribution < -0.4 is 0 Å². The van der Waals surface area contributed by atoms with E-state index in [-0.39, 0.29) is 41.5 Å². The van der Waals surface area contributed by atoms with Crippen LogP contribution in [0.1, 0.15) is 37.2 Å². The van der Waals surface area contributed by atoms with Gasteiger partial charge in [0, 0.05) is 30.8 Å². The highest BCUT2D eigenvalue weighted by Crippen LogP contribution is 2.49. The molecule has 0 radical (unpaired) electrons. The van der Waals surface area contributed by atoms with Gasteiger partial charge in [0.1, 0.15) is 5.82 Å². The highest BCUT2D eigenvalue weighted by atomic mass is 19.1. The van der Waals surface area contributed by atoms with Crippen molar-refractivity contribution < 1.29 is 14.3 Å². The van der Waals surface area contributed by atoms with Crippen molar-refractivity contribution in [3.8, 4) is 0 Å². The average molecular weight is 303 g/mol. The summed E-state index contributed by atoms with van der Waals surface area (Å²) in [5.41, 5.74) is 1.07. The third-order valence-electron chi connectivity index (χ3n) is 5.74. The maximum Gasteiger partial charge on any atom is 0.226 e. The third kappa shape index (κ3) is 2.43. The smallest absolute Gasteiger partial charge is 0.226 e. The van der Waals surface area contributed by atoms with E-state index in [1.807, 2.05) is 4.90 Å². The molecular weight excluding hydrogens is 281 g/mol. The Labute approximate surface area is 130 Å². The van der Waals surface area contributed by atoms with Gasteiger partial charge in [0.2, 0.25) is 5.91 Å². The van der Waals surface area contributed by atoms with E-state index in [0.717, 1.165) is 24.8 Å². The summed E-state index contributed by atoms with van der Waals surface area (Å²) in [6.45, 7) is 1.42. The molecule has 2 aliphatic carbocycles. The Morgan fingerprint density at radius 2 is 1.77 bits per heavy atom. The molecule has 22 heavy (non-hydrogen) atoms. The van der Waals surface area contributed by atoms with Crippen molar-refractivity contribution in [3.63, 3.8) is 0 Å². The van der Waals surface area contributed by atoms with Gasteiger partial charge in [-0.2, -0.15) is 0 Å². The summed E-state index contributed by atoms with van der Waals surface area (Å²) in [4.78, 5) is 14.7. The lowest BCUT2D eigenvalue weighted by molar-refractivity contribution is -0.141. The molecular formula is C18H22FNO2. The van der Waals surface area contributed by atoms with Crippen LogP contribution in [0.4, 0.5) is 4.39 Å². The van der Waals surface area contributed by atoms with Gasteiger partial charge in [-0.15, -0.1) is 0 Å². The van der Waals surface area contributed by atoms with E-state index in [1.165, 1.54) is 18.6 Å². The zero-order valence-electron chi connectivity index (χ0n) is 12.6. The molecule has 4 rings (SSSR count). The summed E-state index contributed by atoms with van der Waals surface area (Å²) in [6, 6.07) is 6.53. The van der Waals surface area contributed by atoms with Gasteiger partial charge in [-0.1, -0.05) is 18.6 Å². The summed E-state index contributed by atoms with van der Waals surface area (Å²) in [6.07, 6.45) is 3.90. The van der Waals surface area contributed by atoms with Gasteiger partial charge in [-0.05, 0) is 42.9 Å². The standard InChI is InChI=1S/C18H22FNO2/c19-14-6-4-11(5-7-14)15-8-16(15)18(22)20-9-12-2-1-3-13(10-20)17(12)21/h4-7,12-13,15-17,21H,1-3,8-10H2/t12-,13+,15-,16-,17?/m0/s1. The highest BCUT2D eigenvalue weighted by molar-refractivity contribution is 5.83. The molecule has 1 aliphatic heterocycles. The van der Waals surface area contributed by atoms with Crippen LogP contribution >= 0.6 is 0 Å². The van der Waals surface area contributed by atoms with Gasteiger partial charge in [-0.3, -0.25) is 4.79 Å². The van der Waals surface area contributed by atoms with Gasteiger partial charge >= 0.3 is 0 Å². The fourth-order valence-corrected chi connectivity index (χ4v) is 4.37. The molecule has 2 saturated carbocycles. The maximum absolute atomic E-state index is 13.0. The molecule has 3 nitrogen and oxygen atoms in total. The normalized spacial score (nSPS) is 37.0. The maximum atomic E-state index is 13.0. The molecule has 1 amide bonds. The number of carbonyl (C=O) groups is 1. The first-order valence-corrected chi connectivity index (χ1v) is 8.36. The van der Waals surface area contributed by atoms with Crippen LogP contribution in [0.15, 0.2) is 24.3 Å². The van der Waals surface area contributed by atoms with Crippen LogP contribution in [0, 0.1) is 23.6 Å². The molecule has 118 valence electrons. The summed E-state index contributed by atoms with van der Waals surface area (Å²) < 4.78 is 13.0. The number of hydrogen-bond acceptors (Lipinski definition) is 2. The SMILES string of the molecule is O=C([C@H]1C[C@H]1c1ccc(F)cc1)N1C[C@H]2CCC[C@@H](C1)C2O. The number of halogens is 1. The Bertz CT molecular complexity index is 559. The van der Waals surface area contributed by atoms with Crippen LogP contribution in [0.3, 0.4) is 0 Å². The first kappa shape index (κ1) is 14.2. The van der Waals surface area contributed by atoms with Gasteiger partial charge in [0.25, 0.3) is 0 Å². The second-order valence-corrected chi connectivity index (χ2v) is 7.19. The number of rotatable bonds is 2. The molecule has 2 bridgehead atoms. The van der Waals surface area contributed by atoms with E-state index in [1.54, 1.807) is 12.1 Å². The predicted octanol–water partition coefficient (Wildman–Crippen LogP) is 2.55. The number of benzene rings is 1. The number of amides is 1. The predicted molar refractivity (Wildman–Crippen MR) is 80.7 cm³/mol. The molecule has 1 heterocycles. The van der Waals surface area contributed by atoms with Crippen molar-refractivity contribution in [3.05, 3.63) is 35.6 Å². The van der Waals surface area contributed by atoms with Crippen molar-refractivity contribution in [2.24, 2.45) is 17.8 Å². The minimum Gasteiger partial charge on any atom is -0.392 e. The number of aliphatic hydroxyl groups is 1. The number of fused-ring (bicyclic) bond motifs is 2. The van der Waals surface area contributed by atoms with Crippen molar-refractivity contribution in [2.45, 2.75) is 37.7 Å². The Morgan fingerprint density at radius 3 is 2.41 bits per heavy atom. The van der Waals surface area contributed by atoms with Crippen LogP contribution in [-0.2, 0) is 4.79 Å². The average Bonchev–Trinajstić information content (AvgIpc) is 3.27. The summed E-state index contributed by atoms with van der Waals surface area (Å²) in [7, 11) is 0. The number of piperidine rings is 1. The number of likely N-dealkylation sites (tertiary alicyclic amines) is 1. The first-order valence-electron chi connectivity index (χ1n) is 8.36. The molecule has 5 atom stereocenters. The quantitative estimate of drug-likeness (QED) is 0.912. The van der Waals surface area contributed by atoms with E-state index >= 15 is 0 Å². The van der Waals surface area contributed by atoms with Crippen LogP contribution in [0.2, 0.25) is 0 Å². The monoisotopic (exact) mass is 303 g/mol. The Kier molecular flexibility index (Phi) is 3.44. The third-order valence-corrected chi connectivity index (χ3v) is 5.74. The molecule has 0 spiro atoms. The molecule has 0 aromatic heterocycles. The van der Waals surface area contributed by atoms with E-state index in [2.05, 4.69) is 0 Å². The van der Waals surface area contributed by atoms with E-state index < -0.39 is 0 Å². The summed E-state index contributed by atoms with van der Waals surface area (Å²) in [5.74, 6) is 0.836. The second-order valence-electron chi connectivity index (χ2n) is 7.19. The topological polar surface area (TPSA) is 40.5 Å². The van der Waals surface area contributed by atoms with Crippen molar-refractivity contribution in [1.29, 1.82) is 0 Å². The lowest BCUT2D eigenvalue weighted by Gasteiger charge is -2.45. The zero-order valence-corrected chi connectivity index (χ0v) is 12.6. The van der Waals surface area contributed by atoms with Crippen LogP contribution in [-0.4, -0.2) is 35.1 Å². The largest absolute Gasteiger partial charge is 0.392 e. The number of hydrogen-bond donors (Lipinski definition) is 1. The molecule has 1 saturated heterocycles. The molecule has 4 heteroatoms. The fourth-order valence-electron chi connectivity index (χ4n) is 4.37. The molecule has 3 fully saturated rings. The van der Waals surface area contributed by atoms with E-state index in [4.69, 9.17) is 0 Å². The Morgan fingerprint density at radius 1 is 1.14 bits per heavy atom. The van der Waals surface area contributed by atoms with Gasteiger partial charge in [-0.25, -0.2) is 4.39 Å². The fraction of sp³-hybridized carbons (Fsp3) is 0.611. The number of nitrogens with zero attached hydrogens (tertiary/aromatic N) is 1. The molecule has 1 N–H and O–H groups in total. The van der Waals surface area contributed by atoms with Gasteiger partial charge in [0.15, 0.2) is 0 Å². The van der Waals surface area contributed by atoms with Crippen molar-refractivity contribution in [2.75, 3.05) is 13.1 Å². The van der Waals surface area contributed by atoms with Crippen LogP contribution in [0.5, 0.6) is 0 Å². The Hall–Kier alpha value is -1.42. The first-order chi connectivity index (χ1) is 10.6. The van der Waals surface area contributed by atoms with Gasteiger partial charge < -0.3 is 10.0 Å². The molecule has 3 aliphatic rings. The molecule has 1 aromatic rings. The van der Waals surface area contributed by atoms with Crippen molar-refractivity contribution in [1.82, 2.24) is 4.90 Å². The number of aliphatic hydroxyl groups excluding tert-OH is 1. The lowest BCUT2D eigenvalue weighted by atomic mass is 9.75. The zero-order chi connectivity index (χ0) is 15.3. The number of carbonyl (C=O) groups excluding carboxylic acids is 1. The highest BCUT2D eigenvalue weighted by Gasteiger charge is 2.48. The second kappa shape index (κ2) is 5.34. The summed E-state index contributed by atoms with van der Waals surface area (Å²) >= 11 is 0. The van der Waals surface area contributed by atoms with Crippen molar-refractivity contribution >= 4 is 5.91 Å². The van der Waals surface area contributed by atoms with Gasteiger partial charge in [0.05, 0.1) is 6.10 Å². The summed E-state index contributed by atoms with van der Waals surface area (Å²) in [5, 5.41) is 10.2. The Balaban J connectivity index is 1.42. The van der Waals surface area contributed by atoms with E-state index in [0.29, 0.717) is 13.1 Å². The minimum absolute atomic E-state index is 0.0569. The van der Waals surface area contributed by atoms with Crippen LogP contribution in [0.25, 0.3) is 0 Å². The molecule has 1 unspecified atom stereocenters. The van der Waals surface area contributed by atoms with E-state index in [9.17, 15) is 14.3 Å². The lowest BCUT2D eigenvalue weighted by Crippen LogP contribution is -2.53. The molecule has 1 aromatic carbocycles. The minimum atomic E-state index is -0.231.